The number of aromatic nitrogens is 1. The van der Waals surface area contributed by atoms with Gasteiger partial charge in [-0.3, -0.25) is 4.79 Å². The van der Waals surface area contributed by atoms with Crippen LogP contribution in [0.25, 0.3) is 0 Å². The van der Waals surface area contributed by atoms with Crippen molar-refractivity contribution in [2.45, 2.75) is 51.6 Å². The quantitative estimate of drug-likeness (QED) is 0.869. The summed E-state index contributed by atoms with van der Waals surface area (Å²) >= 11 is 1.53. The molecule has 1 unspecified atom stereocenters. The Morgan fingerprint density at radius 1 is 1.53 bits per heavy atom. The maximum Gasteiger partial charge on any atom is 0.309 e. The molecule has 1 aromatic heterocycles. The van der Waals surface area contributed by atoms with Crippen molar-refractivity contribution in [3.63, 3.8) is 0 Å². The smallest absolute Gasteiger partial charge is 0.309 e. The molecule has 0 spiro atoms. The van der Waals surface area contributed by atoms with Gasteiger partial charge in [-0.25, -0.2) is 4.98 Å². The minimum atomic E-state index is -0.831. The third kappa shape index (κ3) is 4.01. The van der Waals surface area contributed by atoms with E-state index in [9.17, 15) is 4.79 Å². The van der Waals surface area contributed by atoms with Gasteiger partial charge in [0.25, 0.3) is 0 Å². The monoisotopic (exact) mass is 283 g/mol. The van der Waals surface area contributed by atoms with Crippen LogP contribution in [-0.2, 0) is 16.0 Å². The number of ether oxygens (including phenoxy) is 1. The normalized spacial score (nSPS) is 18.4. The maximum atomic E-state index is 10.7. The summed E-state index contributed by atoms with van der Waals surface area (Å²) in [5.74, 6) is -0.292. The molecule has 1 aromatic rings. The van der Waals surface area contributed by atoms with E-state index >= 15 is 0 Å². The first-order chi connectivity index (χ1) is 9.20. The molecule has 0 radical (unpaired) electrons. The van der Waals surface area contributed by atoms with Crippen LogP contribution in [0.4, 0.5) is 0 Å². The fourth-order valence-corrected chi connectivity index (χ4v) is 3.67. The van der Waals surface area contributed by atoms with E-state index in [1.54, 1.807) is 0 Å². The Labute approximate surface area is 117 Å². The number of hydrogen-bond donors (Lipinski definition) is 1. The van der Waals surface area contributed by atoms with Crippen molar-refractivity contribution >= 4 is 17.3 Å². The first-order valence-electron chi connectivity index (χ1n) is 6.98. The van der Waals surface area contributed by atoms with E-state index in [1.165, 1.54) is 43.4 Å². The molecule has 0 amide bonds. The van der Waals surface area contributed by atoms with Crippen LogP contribution >= 0.6 is 11.3 Å². The number of hydrogen-bond acceptors (Lipinski definition) is 4. The molecule has 1 atom stereocenters. The van der Waals surface area contributed by atoms with Crippen molar-refractivity contribution in [1.82, 2.24) is 4.98 Å². The Balaban J connectivity index is 2.08. The largest absolute Gasteiger partial charge is 0.481 e. The second-order valence-corrected chi connectivity index (χ2v) is 5.91. The van der Waals surface area contributed by atoms with E-state index in [1.807, 2.05) is 12.3 Å². The van der Waals surface area contributed by atoms with Gasteiger partial charge >= 0.3 is 5.97 Å². The predicted octanol–water partition coefficient (Wildman–Crippen LogP) is 3.43. The van der Waals surface area contributed by atoms with Gasteiger partial charge in [-0.15, -0.1) is 11.3 Å². The lowest BCUT2D eigenvalue weighted by atomic mass is 9.85. The molecule has 1 saturated carbocycles. The average molecular weight is 283 g/mol. The molecule has 1 fully saturated rings. The van der Waals surface area contributed by atoms with Gasteiger partial charge < -0.3 is 9.84 Å². The van der Waals surface area contributed by atoms with Crippen LogP contribution in [0.2, 0.25) is 0 Å². The lowest BCUT2D eigenvalue weighted by Gasteiger charge is -2.28. The number of carboxylic acid groups (broad SMARTS) is 1. The van der Waals surface area contributed by atoms with Gasteiger partial charge in [0.15, 0.2) is 0 Å². The van der Waals surface area contributed by atoms with Gasteiger partial charge in [0.2, 0.25) is 0 Å². The molecular formula is C14H21NO3S. The molecule has 19 heavy (non-hydrogen) atoms. The SMILES string of the molecule is CCOC(c1nc(CC(=O)O)cs1)C1CCCCC1. The molecule has 106 valence electrons. The number of thiazole rings is 1. The fourth-order valence-electron chi connectivity index (χ4n) is 2.71. The summed E-state index contributed by atoms with van der Waals surface area (Å²) in [5.41, 5.74) is 0.646. The Hall–Kier alpha value is -0.940. The van der Waals surface area contributed by atoms with Gasteiger partial charge in [0, 0.05) is 12.0 Å². The predicted molar refractivity (Wildman–Crippen MR) is 74.4 cm³/mol. The maximum absolute atomic E-state index is 10.7. The Bertz CT molecular complexity index is 413. The lowest BCUT2D eigenvalue weighted by molar-refractivity contribution is -0.136. The summed E-state index contributed by atoms with van der Waals surface area (Å²) in [6.45, 7) is 2.68. The van der Waals surface area contributed by atoms with Crippen LogP contribution in [0, 0.1) is 5.92 Å². The minimum Gasteiger partial charge on any atom is -0.481 e. The molecule has 1 N–H and O–H groups in total. The van der Waals surface area contributed by atoms with Gasteiger partial charge in [-0.1, -0.05) is 19.3 Å². The number of nitrogens with zero attached hydrogens (tertiary/aromatic N) is 1. The van der Waals surface area contributed by atoms with Crippen LogP contribution in [0.5, 0.6) is 0 Å². The van der Waals surface area contributed by atoms with E-state index in [-0.39, 0.29) is 12.5 Å². The lowest BCUT2D eigenvalue weighted by Crippen LogP contribution is -2.19. The molecule has 1 heterocycles. The van der Waals surface area contributed by atoms with Gasteiger partial charge in [-0.2, -0.15) is 0 Å². The number of carbonyl (C=O) groups is 1. The summed E-state index contributed by atoms with van der Waals surface area (Å²) < 4.78 is 5.89. The van der Waals surface area contributed by atoms with Crippen molar-refractivity contribution in [2.24, 2.45) is 5.92 Å². The first-order valence-corrected chi connectivity index (χ1v) is 7.86. The van der Waals surface area contributed by atoms with Crippen LogP contribution in [0.15, 0.2) is 5.38 Å². The standard InChI is InChI=1S/C14H21NO3S/c1-2-18-13(10-6-4-3-5-7-10)14-15-11(9-19-14)8-12(16)17/h9-10,13H,2-8H2,1H3,(H,16,17). The third-order valence-electron chi connectivity index (χ3n) is 3.57. The van der Waals surface area contributed by atoms with Crippen LogP contribution in [-0.4, -0.2) is 22.7 Å². The molecule has 0 aromatic carbocycles. The van der Waals surface area contributed by atoms with Crippen LogP contribution < -0.4 is 0 Å². The first kappa shape index (κ1) is 14.5. The van der Waals surface area contributed by atoms with E-state index in [0.717, 1.165) is 5.01 Å². The second kappa shape index (κ2) is 7.01. The van der Waals surface area contributed by atoms with Gasteiger partial charge in [0.1, 0.15) is 11.1 Å². The average Bonchev–Trinajstić information content (AvgIpc) is 2.84. The Kier molecular flexibility index (Phi) is 5.34. The van der Waals surface area contributed by atoms with E-state index in [0.29, 0.717) is 18.2 Å². The zero-order valence-electron chi connectivity index (χ0n) is 11.3. The summed E-state index contributed by atoms with van der Waals surface area (Å²) in [7, 11) is 0. The number of carboxylic acids is 1. The van der Waals surface area contributed by atoms with E-state index < -0.39 is 5.97 Å². The van der Waals surface area contributed by atoms with Crippen molar-refractivity contribution in [3.05, 3.63) is 16.1 Å². The zero-order valence-corrected chi connectivity index (χ0v) is 12.1. The summed E-state index contributed by atoms with van der Waals surface area (Å²) in [5, 5.41) is 11.6. The highest BCUT2D eigenvalue weighted by molar-refractivity contribution is 7.09. The topological polar surface area (TPSA) is 59.4 Å². The summed E-state index contributed by atoms with van der Waals surface area (Å²) in [6.07, 6.45) is 6.29. The molecule has 0 saturated heterocycles. The second-order valence-electron chi connectivity index (χ2n) is 5.02. The molecule has 2 rings (SSSR count). The van der Waals surface area contributed by atoms with Crippen molar-refractivity contribution in [1.29, 1.82) is 0 Å². The van der Waals surface area contributed by atoms with Crippen molar-refractivity contribution in [3.8, 4) is 0 Å². The number of rotatable bonds is 6. The highest BCUT2D eigenvalue weighted by atomic mass is 32.1. The summed E-state index contributed by atoms with van der Waals surface area (Å²) in [4.78, 5) is 15.2. The van der Waals surface area contributed by atoms with Crippen molar-refractivity contribution in [2.75, 3.05) is 6.61 Å². The van der Waals surface area contributed by atoms with Gasteiger partial charge in [-0.05, 0) is 25.7 Å². The minimum absolute atomic E-state index is 0.0000116. The van der Waals surface area contributed by atoms with E-state index in [2.05, 4.69) is 4.98 Å². The molecule has 1 aliphatic rings. The number of aliphatic carboxylic acids is 1. The molecule has 0 bridgehead atoms. The van der Waals surface area contributed by atoms with Crippen molar-refractivity contribution < 1.29 is 14.6 Å². The highest BCUT2D eigenvalue weighted by Crippen LogP contribution is 2.38. The molecule has 4 nitrogen and oxygen atoms in total. The Morgan fingerprint density at radius 3 is 2.89 bits per heavy atom. The Morgan fingerprint density at radius 2 is 2.26 bits per heavy atom. The third-order valence-corrected chi connectivity index (χ3v) is 4.52. The van der Waals surface area contributed by atoms with Crippen LogP contribution in [0.3, 0.4) is 0 Å². The van der Waals surface area contributed by atoms with E-state index in [4.69, 9.17) is 9.84 Å². The fraction of sp³-hybridized carbons (Fsp3) is 0.714. The molecule has 0 aliphatic heterocycles. The molecular weight excluding hydrogens is 262 g/mol. The highest BCUT2D eigenvalue weighted by Gasteiger charge is 2.28. The van der Waals surface area contributed by atoms with Crippen LogP contribution in [0.1, 0.15) is 55.8 Å². The molecule has 5 heteroatoms. The van der Waals surface area contributed by atoms with Gasteiger partial charge in [0.05, 0.1) is 12.1 Å². The summed E-state index contributed by atoms with van der Waals surface area (Å²) in [6, 6.07) is 0. The molecule has 1 aliphatic carbocycles. The zero-order chi connectivity index (χ0) is 13.7.